The van der Waals surface area contributed by atoms with Gasteiger partial charge in [-0.15, -0.1) is 13.2 Å². The topological polar surface area (TPSA) is 35.2 Å². The zero-order valence-electron chi connectivity index (χ0n) is 11.8. The molecule has 2 rings (SSSR count). The van der Waals surface area contributed by atoms with Gasteiger partial charge in [0.25, 0.3) is 0 Å². The van der Waals surface area contributed by atoms with E-state index in [9.17, 15) is 13.2 Å². The molecule has 0 radical (unpaired) electrons. The van der Waals surface area contributed by atoms with Gasteiger partial charge < -0.3 is 10.5 Å². The largest absolute Gasteiger partial charge is 0.573 e. The Balaban J connectivity index is 2.31. The Hall–Kier alpha value is -2.01. The van der Waals surface area contributed by atoms with Crippen LogP contribution in [0.1, 0.15) is 16.7 Å². The first-order chi connectivity index (χ1) is 9.80. The number of rotatable bonds is 3. The molecule has 5 heteroatoms. The van der Waals surface area contributed by atoms with E-state index in [0.29, 0.717) is 6.54 Å². The Bertz CT molecular complexity index is 610. The summed E-state index contributed by atoms with van der Waals surface area (Å²) in [6.07, 6.45) is -4.67. The highest BCUT2D eigenvalue weighted by Crippen LogP contribution is 2.28. The maximum absolute atomic E-state index is 12.1. The lowest BCUT2D eigenvalue weighted by Gasteiger charge is -2.12. The number of nitrogens with two attached hydrogens (primary N) is 1. The zero-order chi connectivity index (χ0) is 15.6. The van der Waals surface area contributed by atoms with Crippen LogP contribution in [0.4, 0.5) is 13.2 Å². The van der Waals surface area contributed by atoms with Gasteiger partial charge in [0, 0.05) is 6.54 Å². The zero-order valence-corrected chi connectivity index (χ0v) is 11.8. The Morgan fingerprint density at radius 1 is 0.952 bits per heavy atom. The van der Waals surface area contributed by atoms with Crippen LogP contribution >= 0.6 is 0 Å². The average Bonchev–Trinajstić information content (AvgIpc) is 2.37. The molecule has 0 aliphatic heterocycles. The third-order valence-corrected chi connectivity index (χ3v) is 3.32. The minimum Gasteiger partial charge on any atom is -0.406 e. The number of hydrogen-bond acceptors (Lipinski definition) is 2. The Morgan fingerprint density at radius 2 is 1.48 bits per heavy atom. The van der Waals surface area contributed by atoms with E-state index >= 15 is 0 Å². The van der Waals surface area contributed by atoms with Gasteiger partial charge in [-0.25, -0.2) is 0 Å². The van der Waals surface area contributed by atoms with E-state index in [1.165, 1.54) is 12.1 Å². The molecule has 2 nitrogen and oxygen atoms in total. The van der Waals surface area contributed by atoms with Crippen LogP contribution in [0.25, 0.3) is 11.1 Å². The first-order valence-corrected chi connectivity index (χ1v) is 6.46. The summed E-state index contributed by atoms with van der Waals surface area (Å²) in [5.41, 5.74) is 10.7. The highest BCUT2D eigenvalue weighted by Gasteiger charge is 2.30. The quantitative estimate of drug-likeness (QED) is 0.914. The molecule has 0 bridgehead atoms. The van der Waals surface area contributed by atoms with Crippen molar-refractivity contribution >= 4 is 0 Å². The van der Waals surface area contributed by atoms with E-state index in [1.54, 1.807) is 12.1 Å². The molecule has 0 unspecified atom stereocenters. The van der Waals surface area contributed by atoms with Crippen molar-refractivity contribution in [2.45, 2.75) is 26.8 Å². The number of benzene rings is 2. The van der Waals surface area contributed by atoms with Crippen molar-refractivity contribution in [3.63, 3.8) is 0 Å². The molecule has 0 fully saturated rings. The van der Waals surface area contributed by atoms with Crippen molar-refractivity contribution in [3.05, 3.63) is 53.1 Å². The first kappa shape index (κ1) is 15.4. The number of alkyl halides is 3. The lowest BCUT2D eigenvalue weighted by atomic mass is 9.95. The SMILES string of the molecule is Cc1cc(-c2ccc(OC(F)(F)F)cc2)cc(C)c1CN. The van der Waals surface area contributed by atoms with Crippen molar-refractivity contribution in [3.8, 4) is 16.9 Å². The predicted octanol–water partition coefficient (Wildman–Crippen LogP) is 4.33. The van der Waals surface area contributed by atoms with Gasteiger partial charge in [-0.3, -0.25) is 0 Å². The van der Waals surface area contributed by atoms with Crippen molar-refractivity contribution in [1.82, 2.24) is 0 Å². The summed E-state index contributed by atoms with van der Waals surface area (Å²) in [5, 5.41) is 0. The summed E-state index contributed by atoms with van der Waals surface area (Å²) in [4.78, 5) is 0. The molecule has 0 aliphatic carbocycles. The molecule has 21 heavy (non-hydrogen) atoms. The van der Waals surface area contributed by atoms with Crippen molar-refractivity contribution in [2.75, 3.05) is 0 Å². The van der Waals surface area contributed by atoms with Gasteiger partial charge >= 0.3 is 6.36 Å². The second kappa shape index (κ2) is 5.77. The van der Waals surface area contributed by atoms with Crippen LogP contribution in [-0.4, -0.2) is 6.36 Å². The van der Waals surface area contributed by atoms with Gasteiger partial charge in [0.15, 0.2) is 0 Å². The molecule has 0 saturated carbocycles. The summed E-state index contributed by atoms with van der Waals surface area (Å²) >= 11 is 0. The molecular formula is C16H16F3NO. The lowest BCUT2D eigenvalue weighted by molar-refractivity contribution is -0.274. The van der Waals surface area contributed by atoms with Crippen LogP contribution in [0.3, 0.4) is 0 Å². The number of hydrogen-bond donors (Lipinski definition) is 1. The standard InChI is InChI=1S/C16H16F3NO/c1-10-7-13(8-11(2)15(10)9-20)12-3-5-14(6-4-12)21-16(17,18)19/h3-8H,9,20H2,1-2H3. The highest BCUT2D eigenvalue weighted by atomic mass is 19.4. The fourth-order valence-electron chi connectivity index (χ4n) is 2.33. The van der Waals surface area contributed by atoms with Crippen LogP contribution in [0.15, 0.2) is 36.4 Å². The van der Waals surface area contributed by atoms with Gasteiger partial charge in [0.2, 0.25) is 0 Å². The third-order valence-electron chi connectivity index (χ3n) is 3.32. The van der Waals surface area contributed by atoms with E-state index in [0.717, 1.165) is 27.8 Å². The van der Waals surface area contributed by atoms with Gasteiger partial charge in [-0.05, 0) is 53.8 Å². The van der Waals surface area contributed by atoms with E-state index in [4.69, 9.17) is 5.73 Å². The summed E-state index contributed by atoms with van der Waals surface area (Å²) in [7, 11) is 0. The molecule has 2 N–H and O–H groups in total. The Morgan fingerprint density at radius 3 is 1.90 bits per heavy atom. The number of aryl methyl sites for hydroxylation is 2. The maximum Gasteiger partial charge on any atom is 0.573 e. The van der Waals surface area contributed by atoms with Gasteiger partial charge in [0.05, 0.1) is 0 Å². The molecule has 0 atom stereocenters. The van der Waals surface area contributed by atoms with E-state index in [-0.39, 0.29) is 5.75 Å². The van der Waals surface area contributed by atoms with Crippen molar-refractivity contribution in [2.24, 2.45) is 5.73 Å². The predicted molar refractivity (Wildman–Crippen MR) is 75.9 cm³/mol. The van der Waals surface area contributed by atoms with Crippen LogP contribution in [0, 0.1) is 13.8 Å². The first-order valence-electron chi connectivity index (χ1n) is 6.46. The minimum atomic E-state index is -4.67. The van der Waals surface area contributed by atoms with Crippen LogP contribution in [-0.2, 0) is 6.54 Å². The van der Waals surface area contributed by atoms with Crippen molar-refractivity contribution in [1.29, 1.82) is 0 Å². The molecule has 0 spiro atoms. The molecule has 0 amide bonds. The second-order valence-corrected chi connectivity index (χ2v) is 4.86. The van der Waals surface area contributed by atoms with Crippen molar-refractivity contribution < 1.29 is 17.9 Å². The molecule has 0 aromatic heterocycles. The van der Waals surface area contributed by atoms with Crippen LogP contribution in [0.2, 0.25) is 0 Å². The van der Waals surface area contributed by atoms with Crippen LogP contribution < -0.4 is 10.5 Å². The average molecular weight is 295 g/mol. The highest BCUT2D eigenvalue weighted by molar-refractivity contribution is 5.67. The van der Waals surface area contributed by atoms with E-state index < -0.39 is 6.36 Å². The lowest BCUT2D eigenvalue weighted by Crippen LogP contribution is -2.16. The molecular weight excluding hydrogens is 279 g/mol. The number of ether oxygens (including phenoxy) is 1. The van der Waals surface area contributed by atoms with Gasteiger partial charge in [-0.1, -0.05) is 24.3 Å². The Kier molecular flexibility index (Phi) is 4.23. The minimum absolute atomic E-state index is 0.224. The maximum atomic E-state index is 12.1. The molecule has 2 aromatic carbocycles. The second-order valence-electron chi connectivity index (χ2n) is 4.86. The fourth-order valence-corrected chi connectivity index (χ4v) is 2.33. The number of halogens is 3. The fraction of sp³-hybridized carbons (Fsp3) is 0.250. The molecule has 0 heterocycles. The molecule has 0 saturated heterocycles. The summed E-state index contributed by atoms with van der Waals surface area (Å²) in [5.74, 6) is -0.224. The van der Waals surface area contributed by atoms with E-state index in [2.05, 4.69) is 4.74 Å². The van der Waals surface area contributed by atoms with Gasteiger partial charge in [-0.2, -0.15) is 0 Å². The normalized spacial score (nSPS) is 11.5. The monoisotopic (exact) mass is 295 g/mol. The smallest absolute Gasteiger partial charge is 0.406 e. The van der Waals surface area contributed by atoms with Crippen LogP contribution in [0.5, 0.6) is 5.75 Å². The van der Waals surface area contributed by atoms with Gasteiger partial charge in [0.1, 0.15) is 5.75 Å². The molecule has 0 aliphatic rings. The summed E-state index contributed by atoms with van der Waals surface area (Å²) in [6.45, 7) is 4.41. The Labute approximate surface area is 121 Å². The molecule has 112 valence electrons. The third kappa shape index (κ3) is 3.76. The molecule has 2 aromatic rings. The summed E-state index contributed by atoms with van der Waals surface area (Å²) in [6, 6.07) is 9.80. The summed E-state index contributed by atoms with van der Waals surface area (Å²) < 4.78 is 40.2. The van der Waals surface area contributed by atoms with E-state index in [1.807, 2.05) is 26.0 Å².